The molecule has 1 heterocycles. The topological polar surface area (TPSA) is 12.4 Å². The Bertz CT molecular complexity index is 360. The van der Waals surface area contributed by atoms with Crippen molar-refractivity contribution >= 4 is 28.3 Å². The summed E-state index contributed by atoms with van der Waals surface area (Å²) in [6, 6.07) is 5.31. The summed E-state index contributed by atoms with van der Waals surface area (Å²) in [6.45, 7) is 0.892. The molecule has 0 spiro atoms. The van der Waals surface area contributed by atoms with Crippen LogP contribution < -0.4 is 0 Å². The Hall–Kier alpha value is -0.450. The minimum absolute atomic E-state index is 0.146. The molecule has 1 aromatic carbocycles. The second-order valence-electron chi connectivity index (χ2n) is 3.06. The monoisotopic (exact) mass is 289 g/mol. The molecule has 13 heavy (non-hydrogen) atoms. The third-order valence-electron chi connectivity index (χ3n) is 2.13. The zero-order valence-corrected chi connectivity index (χ0v) is 9.21. The molecule has 1 aliphatic rings. The van der Waals surface area contributed by atoms with Gasteiger partial charge >= 0.3 is 0 Å². The van der Waals surface area contributed by atoms with Gasteiger partial charge < -0.3 is 0 Å². The van der Waals surface area contributed by atoms with Crippen LogP contribution in [-0.2, 0) is 0 Å². The number of aliphatic imine (C=N–C) groups is 1. The van der Waals surface area contributed by atoms with Gasteiger partial charge in [-0.1, -0.05) is 6.07 Å². The molecule has 0 bridgehead atoms. The molecular formula is C10H9FIN. The maximum Gasteiger partial charge on any atom is 0.137 e. The smallest absolute Gasteiger partial charge is 0.137 e. The molecule has 0 amide bonds. The third-order valence-corrected chi connectivity index (χ3v) is 3.00. The lowest BCUT2D eigenvalue weighted by molar-refractivity contribution is 0.620. The summed E-state index contributed by atoms with van der Waals surface area (Å²) in [5.74, 6) is -0.146. The van der Waals surface area contributed by atoms with Gasteiger partial charge in [0.25, 0.3) is 0 Å². The lowest BCUT2D eigenvalue weighted by Gasteiger charge is -2.01. The molecular weight excluding hydrogens is 280 g/mol. The molecule has 1 nitrogen and oxygen atoms in total. The summed E-state index contributed by atoms with van der Waals surface area (Å²) >= 11 is 1.99. The second kappa shape index (κ2) is 3.74. The van der Waals surface area contributed by atoms with Crippen LogP contribution in [0.1, 0.15) is 18.4 Å². The van der Waals surface area contributed by atoms with Crippen LogP contribution >= 0.6 is 22.6 Å². The Labute approximate surface area is 90.2 Å². The van der Waals surface area contributed by atoms with Gasteiger partial charge in [-0.15, -0.1) is 0 Å². The number of benzene rings is 1. The molecule has 1 aliphatic heterocycles. The molecule has 0 fully saturated rings. The molecule has 2 rings (SSSR count). The molecule has 0 saturated heterocycles. The van der Waals surface area contributed by atoms with Crippen molar-refractivity contribution in [3.8, 4) is 0 Å². The van der Waals surface area contributed by atoms with E-state index >= 15 is 0 Å². The quantitative estimate of drug-likeness (QED) is 0.705. The van der Waals surface area contributed by atoms with E-state index in [0.29, 0.717) is 3.57 Å². The molecule has 0 saturated carbocycles. The predicted octanol–water partition coefficient (Wildman–Crippen LogP) is 3.01. The molecule has 0 unspecified atom stereocenters. The summed E-state index contributed by atoms with van der Waals surface area (Å²) in [7, 11) is 0. The molecule has 0 radical (unpaired) electrons. The van der Waals surface area contributed by atoms with Crippen LogP contribution in [0, 0.1) is 9.39 Å². The first-order valence-corrected chi connectivity index (χ1v) is 5.34. The highest BCUT2D eigenvalue weighted by atomic mass is 127. The summed E-state index contributed by atoms with van der Waals surface area (Å²) in [6.07, 6.45) is 2.09. The van der Waals surface area contributed by atoms with Crippen molar-refractivity contribution in [2.24, 2.45) is 4.99 Å². The van der Waals surface area contributed by atoms with Gasteiger partial charge in [-0.25, -0.2) is 4.39 Å². The van der Waals surface area contributed by atoms with Gasteiger partial charge in [-0.3, -0.25) is 4.99 Å². The first-order valence-electron chi connectivity index (χ1n) is 4.26. The van der Waals surface area contributed by atoms with E-state index in [9.17, 15) is 4.39 Å². The standard InChI is InChI=1S/C10H9FIN/c11-8-6-7(3-4-9(8)12)10-2-1-5-13-10/h3-4,6H,1-2,5H2. The minimum atomic E-state index is -0.146. The summed E-state index contributed by atoms with van der Waals surface area (Å²) in [5.41, 5.74) is 1.99. The van der Waals surface area contributed by atoms with Crippen molar-refractivity contribution in [3.05, 3.63) is 33.1 Å². The average molecular weight is 289 g/mol. The fourth-order valence-electron chi connectivity index (χ4n) is 1.45. The van der Waals surface area contributed by atoms with Crippen molar-refractivity contribution in [2.45, 2.75) is 12.8 Å². The molecule has 68 valence electrons. The number of hydrogen-bond acceptors (Lipinski definition) is 1. The number of nitrogens with zero attached hydrogens (tertiary/aromatic N) is 1. The van der Waals surface area contributed by atoms with Crippen molar-refractivity contribution in [1.29, 1.82) is 0 Å². The fraction of sp³-hybridized carbons (Fsp3) is 0.300. The van der Waals surface area contributed by atoms with Gasteiger partial charge in [0.05, 0.1) is 0 Å². The second-order valence-corrected chi connectivity index (χ2v) is 4.22. The van der Waals surface area contributed by atoms with Gasteiger partial charge in [0.1, 0.15) is 5.82 Å². The first kappa shape index (κ1) is 9.12. The van der Waals surface area contributed by atoms with Gasteiger partial charge in [0.2, 0.25) is 0 Å². The maximum atomic E-state index is 13.2. The average Bonchev–Trinajstić information content (AvgIpc) is 2.62. The first-order chi connectivity index (χ1) is 6.27. The van der Waals surface area contributed by atoms with Gasteiger partial charge in [0, 0.05) is 15.8 Å². The van der Waals surface area contributed by atoms with Gasteiger partial charge in [-0.05, 0) is 53.1 Å². The lowest BCUT2D eigenvalue weighted by atomic mass is 10.1. The van der Waals surface area contributed by atoms with Crippen LogP contribution in [0.2, 0.25) is 0 Å². The zero-order valence-electron chi connectivity index (χ0n) is 7.06. The Morgan fingerprint density at radius 3 is 2.85 bits per heavy atom. The Kier molecular flexibility index (Phi) is 2.62. The Morgan fingerprint density at radius 1 is 1.38 bits per heavy atom. The van der Waals surface area contributed by atoms with Crippen LogP contribution in [0.25, 0.3) is 0 Å². The number of rotatable bonds is 1. The predicted molar refractivity (Wildman–Crippen MR) is 59.8 cm³/mol. The van der Waals surface area contributed by atoms with Crippen LogP contribution in [0.4, 0.5) is 4.39 Å². The maximum absolute atomic E-state index is 13.2. The van der Waals surface area contributed by atoms with Gasteiger partial charge in [-0.2, -0.15) is 0 Å². The molecule has 0 aliphatic carbocycles. The summed E-state index contributed by atoms with van der Waals surface area (Å²) in [4.78, 5) is 4.32. The van der Waals surface area contributed by atoms with E-state index in [1.165, 1.54) is 0 Å². The molecule has 0 N–H and O–H groups in total. The van der Waals surface area contributed by atoms with E-state index in [1.807, 2.05) is 28.7 Å². The largest absolute Gasteiger partial charge is 0.289 e. The molecule has 0 aromatic heterocycles. The van der Waals surface area contributed by atoms with E-state index in [2.05, 4.69) is 4.99 Å². The van der Waals surface area contributed by atoms with E-state index in [0.717, 1.165) is 30.7 Å². The third kappa shape index (κ3) is 1.90. The Morgan fingerprint density at radius 2 is 2.23 bits per heavy atom. The van der Waals surface area contributed by atoms with E-state index in [-0.39, 0.29) is 5.82 Å². The van der Waals surface area contributed by atoms with Crippen LogP contribution in [0.3, 0.4) is 0 Å². The lowest BCUT2D eigenvalue weighted by Crippen LogP contribution is -1.97. The van der Waals surface area contributed by atoms with Crippen LogP contribution in [-0.4, -0.2) is 12.3 Å². The van der Waals surface area contributed by atoms with Crippen LogP contribution in [0.15, 0.2) is 23.2 Å². The van der Waals surface area contributed by atoms with E-state index in [1.54, 1.807) is 12.1 Å². The van der Waals surface area contributed by atoms with Crippen molar-refractivity contribution in [1.82, 2.24) is 0 Å². The summed E-state index contributed by atoms with van der Waals surface area (Å²) < 4.78 is 13.8. The van der Waals surface area contributed by atoms with E-state index < -0.39 is 0 Å². The highest BCUT2D eigenvalue weighted by Gasteiger charge is 2.10. The highest BCUT2D eigenvalue weighted by Crippen LogP contribution is 2.17. The van der Waals surface area contributed by atoms with Crippen molar-refractivity contribution in [2.75, 3.05) is 6.54 Å². The minimum Gasteiger partial charge on any atom is -0.289 e. The highest BCUT2D eigenvalue weighted by molar-refractivity contribution is 14.1. The molecule has 1 aromatic rings. The van der Waals surface area contributed by atoms with Crippen molar-refractivity contribution < 1.29 is 4.39 Å². The van der Waals surface area contributed by atoms with E-state index in [4.69, 9.17) is 0 Å². The van der Waals surface area contributed by atoms with Crippen LogP contribution in [0.5, 0.6) is 0 Å². The summed E-state index contributed by atoms with van der Waals surface area (Å²) in [5, 5.41) is 0. The number of hydrogen-bond donors (Lipinski definition) is 0. The molecule has 0 atom stereocenters. The van der Waals surface area contributed by atoms with Crippen molar-refractivity contribution in [3.63, 3.8) is 0 Å². The zero-order chi connectivity index (χ0) is 9.26. The number of halogens is 2. The normalized spacial score (nSPS) is 16.0. The molecule has 3 heteroatoms. The SMILES string of the molecule is Fc1cc(C2=NCCC2)ccc1I. The fourth-order valence-corrected chi connectivity index (χ4v) is 1.79. The van der Waals surface area contributed by atoms with Gasteiger partial charge in [0.15, 0.2) is 0 Å². The Balaban J connectivity index is 2.36.